The van der Waals surface area contributed by atoms with Crippen molar-refractivity contribution in [3.63, 3.8) is 0 Å². The first-order valence-corrected chi connectivity index (χ1v) is 6.54. The van der Waals surface area contributed by atoms with E-state index in [1.807, 2.05) is 0 Å². The van der Waals surface area contributed by atoms with Crippen LogP contribution in [0.15, 0.2) is 18.2 Å². The monoisotopic (exact) mass is 284 g/mol. The summed E-state index contributed by atoms with van der Waals surface area (Å²) in [6, 6.07) is 4.07. The van der Waals surface area contributed by atoms with Crippen molar-refractivity contribution in [1.82, 2.24) is 0 Å². The number of hydrogen-bond acceptors (Lipinski definition) is 2. The van der Waals surface area contributed by atoms with Crippen LogP contribution in [-0.4, -0.2) is 16.9 Å². The second kappa shape index (κ2) is 5.29. The van der Waals surface area contributed by atoms with Crippen LogP contribution in [0.25, 0.3) is 0 Å². The summed E-state index contributed by atoms with van der Waals surface area (Å²) in [5, 5.41) is 9.36. The highest BCUT2D eigenvalue weighted by Gasteiger charge is 2.46. The summed E-state index contributed by atoms with van der Waals surface area (Å²) in [6.07, 6.45) is 2.14. The highest BCUT2D eigenvalue weighted by molar-refractivity contribution is 6.30. The number of carboxylic acids is 1. The molecule has 1 aliphatic rings. The Morgan fingerprint density at radius 2 is 2.16 bits per heavy atom. The molecule has 1 aromatic rings. The van der Waals surface area contributed by atoms with Gasteiger partial charge < -0.3 is 5.11 Å². The van der Waals surface area contributed by atoms with E-state index in [1.165, 1.54) is 18.2 Å². The number of Topliss-reactive ketones (excluding diaryl/α,β-unsaturated/α-hetero) is 1. The molecule has 0 spiro atoms. The third-order valence-electron chi connectivity index (χ3n) is 3.69. The number of benzene rings is 1. The molecule has 1 unspecified atom stereocenters. The van der Waals surface area contributed by atoms with Crippen molar-refractivity contribution in [2.75, 3.05) is 0 Å². The van der Waals surface area contributed by atoms with Crippen molar-refractivity contribution in [2.45, 2.75) is 32.1 Å². The van der Waals surface area contributed by atoms with Gasteiger partial charge in [0.1, 0.15) is 11.2 Å². The smallest absolute Gasteiger partial charge is 0.317 e. The second-order valence-corrected chi connectivity index (χ2v) is 5.35. The van der Waals surface area contributed by atoms with Crippen LogP contribution in [-0.2, 0) is 16.0 Å². The van der Waals surface area contributed by atoms with Crippen LogP contribution in [0.4, 0.5) is 4.39 Å². The van der Waals surface area contributed by atoms with Gasteiger partial charge in [0.05, 0.1) is 5.02 Å². The number of ketones is 1. The SMILES string of the molecule is O=C(O)C1(Cc2ccc(F)c(Cl)c2)CCCCC1=O. The Morgan fingerprint density at radius 1 is 1.42 bits per heavy atom. The van der Waals surface area contributed by atoms with Gasteiger partial charge in [-0.05, 0) is 37.0 Å². The molecule has 1 saturated carbocycles. The zero-order valence-corrected chi connectivity index (χ0v) is 11.0. The normalized spacial score (nSPS) is 23.4. The number of carboxylic acid groups (broad SMARTS) is 1. The standard InChI is InChI=1S/C14H14ClFO3/c15-10-7-9(4-5-11(10)16)8-14(13(18)19)6-2-1-3-12(14)17/h4-5,7H,1-3,6,8H2,(H,18,19). The molecule has 0 aliphatic heterocycles. The lowest BCUT2D eigenvalue weighted by Crippen LogP contribution is -2.43. The molecular weight excluding hydrogens is 271 g/mol. The molecule has 1 aromatic carbocycles. The van der Waals surface area contributed by atoms with Crippen LogP contribution < -0.4 is 0 Å². The lowest BCUT2D eigenvalue weighted by molar-refractivity contribution is -0.157. The average molecular weight is 285 g/mol. The Bertz CT molecular complexity index is 529. The van der Waals surface area contributed by atoms with Gasteiger partial charge in [0, 0.05) is 6.42 Å². The van der Waals surface area contributed by atoms with Crippen molar-refractivity contribution >= 4 is 23.4 Å². The average Bonchev–Trinajstić information content (AvgIpc) is 2.36. The Balaban J connectivity index is 2.33. The van der Waals surface area contributed by atoms with Crippen molar-refractivity contribution in [3.05, 3.63) is 34.6 Å². The summed E-state index contributed by atoms with van der Waals surface area (Å²) in [6.45, 7) is 0. The number of carbonyl (C=O) groups is 2. The van der Waals surface area contributed by atoms with Gasteiger partial charge in [0.25, 0.3) is 0 Å². The highest BCUT2D eigenvalue weighted by Crippen LogP contribution is 2.37. The minimum atomic E-state index is -1.38. The molecule has 3 nitrogen and oxygen atoms in total. The van der Waals surface area contributed by atoms with E-state index in [0.717, 1.165) is 6.42 Å². The van der Waals surface area contributed by atoms with Gasteiger partial charge in [-0.25, -0.2) is 4.39 Å². The Kier molecular flexibility index (Phi) is 3.90. The van der Waals surface area contributed by atoms with Gasteiger partial charge in [-0.1, -0.05) is 24.1 Å². The maximum Gasteiger partial charge on any atom is 0.317 e. The van der Waals surface area contributed by atoms with E-state index < -0.39 is 17.2 Å². The fraction of sp³-hybridized carbons (Fsp3) is 0.429. The Morgan fingerprint density at radius 3 is 2.74 bits per heavy atom. The van der Waals surface area contributed by atoms with E-state index in [2.05, 4.69) is 0 Å². The van der Waals surface area contributed by atoms with Gasteiger partial charge in [0.2, 0.25) is 0 Å². The first-order chi connectivity index (χ1) is 8.95. The summed E-state index contributed by atoms with van der Waals surface area (Å²) in [7, 11) is 0. The minimum Gasteiger partial charge on any atom is -0.480 e. The molecule has 1 aliphatic carbocycles. The molecule has 0 aromatic heterocycles. The molecule has 0 saturated heterocycles. The van der Waals surface area contributed by atoms with Crippen molar-refractivity contribution in [2.24, 2.45) is 5.41 Å². The Hall–Kier alpha value is -1.42. The molecule has 5 heteroatoms. The van der Waals surface area contributed by atoms with E-state index >= 15 is 0 Å². The maximum atomic E-state index is 13.1. The molecule has 2 rings (SSSR count). The van der Waals surface area contributed by atoms with Gasteiger partial charge in [-0.2, -0.15) is 0 Å². The molecule has 0 amide bonds. The minimum absolute atomic E-state index is 0.0544. The van der Waals surface area contributed by atoms with Gasteiger partial charge in [-0.3, -0.25) is 9.59 Å². The molecule has 1 atom stereocenters. The summed E-state index contributed by atoms with van der Waals surface area (Å²) >= 11 is 5.69. The van der Waals surface area contributed by atoms with Crippen LogP contribution in [0.1, 0.15) is 31.2 Å². The number of halogens is 2. The number of aliphatic carboxylic acids is 1. The van der Waals surface area contributed by atoms with Gasteiger partial charge in [-0.15, -0.1) is 0 Å². The molecule has 0 radical (unpaired) electrons. The van der Waals surface area contributed by atoms with Crippen LogP contribution in [0.2, 0.25) is 5.02 Å². The van der Waals surface area contributed by atoms with Crippen molar-refractivity contribution in [3.8, 4) is 0 Å². The van der Waals surface area contributed by atoms with Crippen LogP contribution in [0, 0.1) is 11.2 Å². The number of rotatable bonds is 3. The zero-order chi connectivity index (χ0) is 14.0. The third-order valence-corrected chi connectivity index (χ3v) is 3.98. The molecule has 1 N–H and O–H groups in total. The van der Waals surface area contributed by atoms with Gasteiger partial charge >= 0.3 is 5.97 Å². The zero-order valence-electron chi connectivity index (χ0n) is 10.3. The van der Waals surface area contributed by atoms with E-state index in [4.69, 9.17) is 11.6 Å². The van der Waals surface area contributed by atoms with Crippen molar-refractivity contribution in [1.29, 1.82) is 0 Å². The lowest BCUT2D eigenvalue weighted by Gasteiger charge is -2.31. The van der Waals surface area contributed by atoms with E-state index in [-0.39, 0.29) is 17.2 Å². The predicted molar refractivity (Wildman–Crippen MR) is 68.7 cm³/mol. The predicted octanol–water partition coefficient (Wildman–Crippen LogP) is 3.24. The lowest BCUT2D eigenvalue weighted by atomic mass is 9.69. The van der Waals surface area contributed by atoms with Crippen LogP contribution in [0.5, 0.6) is 0 Å². The van der Waals surface area contributed by atoms with Crippen LogP contribution >= 0.6 is 11.6 Å². The molecule has 102 valence electrons. The van der Waals surface area contributed by atoms with E-state index in [0.29, 0.717) is 24.8 Å². The quantitative estimate of drug-likeness (QED) is 0.867. The number of carbonyl (C=O) groups excluding carboxylic acids is 1. The van der Waals surface area contributed by atoms with E-state index in [9.17, 15) is 19.1 Å². The second-order valence-electron chi connectivity index (χ2n) is 4.94. The molecule has 0 bridgehead atoms. The fourth-order valence-electron chi connectivity index (χ4n) is 2.58. The number of hydrogen-bond donors (Lipinski definition) is 1. The highest BCUT2D eigenvalue weighted by atomic mass is 35.5. The molecule has 0 heterocycles. The van der Waals surface area contributed by atoms with Crippen LogP contribution in [0.3, 0.4) is 0 Å². The van der Waals surface area contributed by atoms with E-state index in [1.54, 1.807) is 0 Å². The first-order valence-electron chi connectivity index (χ1n) is 6.16. The summed E-state index contributed by atoms with van der Waals surface area (Å²) in [4.78, 5) is 23.5. The topological polar surface area (TPSA) is 54.4 Å². The Labute approximate surface area is 115 Å². The summed E-state index contributed by atoms with van der Waals surface area (Å²) in [5.41, 5.74) is -0.802. The summed E-state index contributed by atoms with van der Waals surface area (Å²) < 4.78 is 13.1. The molecular formula is C14H14ClFO3. The molecule has 19 heavy (non-hydrogen) atoms. The first kappa shape index (κ1) is 14.0. The largest absolute Gasteiger partial charge is 0.480 e. The van der Waals surface area contributed by atoms with Crippen molar-refractivity contribution < 1.29 is 19.1 Å². The summed E-state index contributed by atoms with van der Waals surface area (Å²) in [5.74, 6) is -1.89. The fourth-order valence-corrected chi connectivity index (χ4v) is 2.78. The van der Waals surface area contributed by atoms with Gasteiger partial charge in [0.15, 0.2) is 5.78 Å². The maximum absolute atomic E-state index is 13.1. The molecule has 1 fully saturated rings. The third kappa shape index (κ3) is 2.63.